The molecule has 0 aromatic heterocycles. The molecular weight excluding hydrogens is 342 g/mol. The number of rotatable bonds is 5. The van der Waals surface area contributed by atoms with E-state index in [9.17, 15) is 4.79 Å². The van der Waals surface area contributed by atoms with Crippen LogP contribution in [0.2, 0.25) is 0 Å². The minimum Gasteiger partial charge on any atom is -0.378 e. The molecule has 1 fully saturated rings. The predicted molar refractivity (Wildman–Crippen MR) is 112 cm³/mol. The van der Waals surface area contributed by atoms with Gasteiger partial charge in [0.15, 0.2) is 5.17 Å². The molecule has 0 saturated carbocycles. The monoisotopic (exact) mass is 365 g/mol. The molecule has 0 spiro atoms. The Bertz CT molecular complexity index is 826. The number of hydrogen-bond acceptors (Lipinski definition) is 4. The second kappa shape index (κ2) is 8.23. The SMILES string of the molecule is CCCN1C(=O)/C(=C/c2ccc(N(C)C)cc2)S/C1=N\c1ccccc1. The average Bonchev–Trinajstić information content (AvgIpc) is 2.92. The molecule has 1 heterocycles. The van der Waals surface area contributed by atoms with Crippen LogP contribution in [-0.4, -0.2) is 36.6 Å². The van der Waals surface area contributed by atoms with Crippen molar-refractivity contribution in [3.63, 3.8) is 0 Å². The van der Waals surface area contributed by atoms with Gasteiger partial charge in [-0.15, -0.1) is 0 Å². The molecule has 1 aliphatic heterocycles. The van der Waals surface area contributed by atoms with Gasteiger partial charge in [0.2, 0.25) is 0 Å². The third kappa shape index (κ3) is 4.17. The third-order valence-corrected chi connectivity index (χ3v) is 5.03. The van der Waals surface area contributed by atoms with Crippen LogP contribution in [0.4, 0.5) is 11.4 Å². The Morgan fingerprint density at radius 3 is 2.38 bits per heavy atom. The van der Waals surface area contributed by atoms with Crippen LogP contribution in [-0.2, 0) is 4.79 Å². The lowest BCUT2D eigenvalue weighted by atomic mass is 10.2. The molecule has 26 heavy (non-hydrogen) atoms. The van der Waals surface area contributed by atoms with Crippen molar-refractivity contribution < 1.29 is 4.79 Å². The Morgan fingerprint density at radius 1 is 1.08 bits per heavy atom. The topological polar surface area (TPSA) is 35.9 Å². The van der Waals surface area contributed by atoms with Crippen molar-refractivity contribution in [2.75, 3.05) is 25.5 Å². The van der Waals surface area contributed by atoms with Gasteiger partial charge in [-0.1, -0.05) is 37.3 Å². The van der Waals surface area contributed by atoms with E-state index in [2.05, 4.69) is 28.9 Å². The maximum Gasteiger partial charge on any atom is 0.266 e. The molecule has 134 valence electrons. The Morgan fingerprint density at radius 2 is 1.77 bits per heavy atom. The summed E-state index contributed by atoms with van der Waals surface area (Å²) in [6.07, 6.45) is 2.84. The fraction of sp³-hybridized carbons (Fsp3) is 0.238. The fourth-order valence-electron chi connectivity index (χ4n) is 2.65. The molecule has 1 aliphatic rings. The van der Waals surface area contributed by atoms with Crippen LogP contribution >= 0.6 is 11.8 Å². The first kappa shape index (κ1) is 18.3. The first-order valence-corrected chi connectivity index (χ1v) is 9.52. The van der Waals surface area contributed by atoms with Crippen LogP contribution in [0.15, 0.2) is 64.5 Å². The van der Waals surface area contributed by atoms with Crippen molar-refractivity contribution in [3.05, 3.63) is 65.1 Å². The van der Waals surface area contributed by atoms with E-state index in [4.69, 9.17) is 0 Å². The highest BCUT2D eigenvalue weighted by molar-refractivity contribution is 8.18. The lowest BCUT2D eigenvalue weighted by Gasteiger charge is -2.13. The molecule has 0 aliphatic carbocycles. The number of amides is 1. The highest BCUT2D eigenvalue weighted by Gasteiger charge is 2.32. The van der Waals surface area contributed by atoms with Crippen LogP contribution < -0.4 is 4.90 Å². The summed E-state index contributed by atoms with van der Waals surface area (Å²) in [6.45, 7) is 2.74. The van der Waals surface area contributed by atoms with Crippen LogP contribution in [0.3, 0.4) is 0 Å². The molecule has 0 bridgehead atoms. The molecule has 4 nitrogen and oxygen atoms in total. The lowest BCUT2D eigenvalue weighted by Crippen LogP contribution is -2.29. The van der Waals surface area contributed by atoms with E-state index < -0.39 is 0 Å². The van der Waals surface area contributed by atoms with E-state index in [1.165, 1.54) is 11.8 Å². The largest absolute Gasteiger partial charge is 0.378 e. The maximum absolute atomic E-state index is 12.8. The Labute approximate surface area is 159 Å². The number of carbonyl (C=O) groups excluding carboxylic acids is 1. The summed E-state index contributed by atoms with van der Waals surface area (Å²) in [5, 5.41) is 0.749. The number of benzene rings is 2. The predicted octanol–water partition coefficient (Wildman–Crippen LogP) is 4.77. The number of thioether (sulfide) groups is 1. The van der Waals surface area contributed by atoms with E-state index in [1.807, 2.05) is 62.6 Å². The van der Waals surface area contributed by atoms with Crippen molar-refractivity contribution in [1.29, 1.82) is 0 Å². The van der Waals surface area contributed by atoms with Crippen molar-refractivity contribution in [2.45, 2.75) is 13.3 Å². The van der Waals surface area contributed by atoms with E-state index in [0.717, 1.165) is 28.5 Å². The molecule has 0 radical (unpaired) electrons. The van der Waals surface area contributed by atoms with Crippen molar-refractivity contribution in [2.24, 2.45) is 4.99 Å². The number of amidine groups is 1. The summed E-state index contributed by atoms with van der Waals surface area (Å²) in [5.74, 6) is 0.0308. The summed E-state index contributed by atoms with van der Waals surface area (Å²) in [7, 11) is 4.03. The highest BCUT2D eigenvalue weighted by atomic mass is 32.2. The summed E-state index contributed by atoms with van der Waals surface area (Å²) in [5.41, 5.74) is 3.01. The zero-order chi connectivity index (χ0) is 18.5. The molecule has 1 saturated heterocycles. The number of carbonyl (C=O) groups is 1. The van der Waals surface area contributed by atoms with Gasteiger partial charge in [0.05, 0.1) is 10.6 Å². The van der Waals surface area contributed by atoms with Gasteiger partial charge in [0, 0.05) is 26.3 Å². The van der Waals surface area contributed by atoms with E-state index in [1.54, 1.807) is 4.90 Å². The van der Waals surface area contributed by atoms with Crippen LogP contribution in [0.5, 0.6) is 0 Å². The van der Waals surface area contributed by atoms with Gasteiger partial charge in [0.25, 0.3) is 5.91 Å². The smallest absolute Gasteiger partial charge is 0.266 e. The molecular formula is C21H23N3OS. The van der Waals surface area contributed by atoms with Gasteiger partial charge in [-0.3, -0.25) is 9.69 Å². The normalized spacial score (nSPS) is 17.3. The third-order valence-electron chi connectivity index (χ3n) is 4.02. The van der Waals surface area contributed by atoms with Gasteiger partial charge in [0.1, 0.15) is 0 Å². The molecule has 0 N–H and O–H groups in total. The molecule has 2 aromatic carbocycles. The minimum atomic E-state index is 0.0308. The van der Waals surface area contributed by atoms with Crippen LogP contribution in [0, 0.1) is 0 Å². The lowest BCUT2D eigenvalue weighted by molar-refractivity contribution is -0.122. The summed E-state index contributed by atoms with van der Waals surface area (Å²) < 4.78 is 0. The number of para-hydroxylation sites is 1. The zero-order valence-corrected chi connectivity index (χ0v) is 16.2. The fourth-order valence-corrected chi connectivity index (χ4v) is 3.67. The van der Waals surface area contributed by atoms with Crippen molar-refractivity contribution in [1.82, 2.24) is 4.90 Å². The second-order valence-corrected chi connectivity index (χ2v) is 7.29. The molecule has 1 amide bonds. The van der Waals surface area contributed by atoms with Gasteiger partial charge >= 0.3 is 0 Å². The van der Waals surface area contributed by atoms with E-state index >= 15 is 0 Å². The van der Waals surface area contributed by atoms with E-state index in [0.29, 0.717) is 11.4 Å². The van der Waals surface area contributed by atoms with Crippen molar-refractivity contribution in [3.8, 4) is 0 Å². The second-order valence-electron chi connectivity index (χ2n) is 6.28. The Hall–Kier alpha value is -2.53. The van der Waals surface area contributed by atoms with Crippen molar-refractivity contribution >= 4 is 40.3 Å². The standard InChI is InChI=1S/C21H23N3OS/c1-4-14-24-20(25)19(15-16-10-12-18(13-11-16)23(2)3)26-21(24)22-17-8-6-5-7-9-17/h5-13,15H,4,14H2,1-3H3/b19-15-,22-21-. The highest BCUT2D eigenvalue weighted by Crippen LogP contribution is 2.34. The summed E-state index contributed by atoms with van der Waals surface area (Å²) >= 11 is 1.44. The van der Waals surface area contributed by atoms with Gasteiger partial charge in [-0.2, -0.15) is 0 Å². The zero-order valence-electron chi connectivity index (χ0n) is 15.3. The first-order chi connectivity index (χ1) is 12.6. The van der Waals surface area contributed by atoms with Gasteiger partial charge in [-0.25, -0.2) is 4.99 Å². The quantitative estimate of drug-likeness (QED) is 0.716. The molecule has 3 rings (SSSR count). The number of anilines is 1. The molecule has 2 aromatic rings. The maximum atomic E-state index is 12.8. The Balaban J connectivity index is 1.89. The van der Waals surface area contributed by atoms with Gasteiger partial charge in [-0.05, 0) is 54.1 Å². The molecule has 0 atom stereocenters. The van der Waals surface area contributed by atoms with E-state index in [-0.39, 0.29) is 5.91 Å². The summed E-state index contributed by atoms with van der Waals surface area (Å²) in [6, 6.07) is 17.9. The molecule has 0 unspecified atom stereocenters. The number of nitrogens with zero attached hydrogens (tertiary/aromatic N) is 3. The van der Waals surface area contributed by atoms with Crippen LogP contribution in [0.1, 0.15) is 18.9 Å². The van der Waals surface area contributed by atoms with Crippen LogP contribution in [0.25, 0.3) is 6.08 Å². The molecule has 5 heteroatoms. The minimum absolute atomic E-state index is 0.0308. The summed E-state index contributed by atoms with van der Waals surface area (Å²) in [4.78, 5) is 22.0. The van der Waals surface area contributed by atoms with Gasteiger partial charge < -0.3 is 4.90 Å². The first-order valence-electron chi connectivity index (χ1n) is 8.71. The number of aliphatic imine (C=N–C) groups is 1. The average molecular weight is 366 g/mol. The number of hydrogen-bond donors (Lipinski definition) is 0. The Kier molecular flexibility index (Phi) is 5.78.